The second-order valence-corrected chi connectivity index (χ2v) is 6.28. The number of urea groups is 1. The molecule has 0 bridgehead atoms. The minimum Gasteiger partial charge on any atom is -0.356 e. The molecule has 1 atom stereocenters. The summed E-state index contributed by atoms with van der Waals surface area (Å²) in [6, 6.07) is 0.298. The summed E-state index contributed by atoms with van der Waals surface area (Å²) in [6.07, 6.45) is 1.87. The molecule has 1 aromatic rings. The van der Waals surface area contributed by atoms with Gasteiger partial charge >= 0.3 is 6.03 Å². The number of nitrogens with zero attached hydrogens (tertiary/aromatic N) is 3. The van der Waals surface area contributed by atoms with E-state index in [0.717, 1.165) is 36.9 Å². The molecule has 2 N–H and O–H groups in total. The maximum atomic E-state index is 11.7. The predicted molar refractivity (Wildman–Crippen MR) is 81.1 cm³/mol. The zero-order chi connectivity index (χ0) is 14.5. The number of carbonyl (C=O) groups is 1. The van der Waals surface area contributed by atoms with Crippen LogP contribution in [-0.4, -0.2) is 46.0 Å². The van der Waals surface area contributed by atoms with E-state index < -0.39 is 0 Å². The van der Waals surface area contributed by atoms with Crippen molar-refractivity contribution >= 4 is 22.7 Å². The molecule has 1 aliphatic heterocycles. The van der Waals surface area contributed by atoms with Crippen molar-refractivity contribution in [3.05, 3.63) is 5.82 Å². The highest BCUT2D eigenvalue weighted by Crippen LogP contribution is 2.18. The summed E-state index contributed by atoms with van der Waals surface area (Å²) >= 11 is 1.41. The van der Waals surface area contributed by atoms with Crippen LogP contribution in [0.1, 0.15) is 33.0 Å². The minimum atomic E-state index is 0.0227. The van der Waals surface area contributed by atoms with Crippen molar-refractivity contribution in [1.82, 2.24) is 19.6 Å². The van der Waals surface area contributed by atoms with Crippen LogP contribution >= 0.6 is 11.5 Å². The van der Waals surface area contributed by atoms with E-state index >= 15 is 0 Å². The summed E-state index contributed by atoms with van der Waals surface area (Å²) in [5, 5.41) is 7.08. The first-order valence-electron chi connectivity index (χ1n) is 7.20. The summed E-state index contributed by atoms with van der Waals surface area (Å²) in [6.45, 7) is 8.44. The van der Waals surface area contributed by atoms with Gasteiger partial charge in [0.1, 0.15) is 5.82 Å². The number of amides is 2. The molecule has 20 heavy (non-hydrogen) atoms. The van der Waals surface area contributed by atoms with Gasteiger partial charge in [0.2, 0.25) is 5.13 Å². The van der Waals surface area contributed by atoms with Gasteiger partial charge < -0.3 is 15.5 Å². The number of hydrogen-bond acceptors (Lipinski definition) is 5. The van der Waals surface area contributed by atoms with E-state index in [1.807, 2.05) is 11.8 Å². The molecule has 0 radical (unpaired) electrons. The fraction of sp³-hybridized carbons (Fsp3) is 0.769. The van der Waals surface area contributed by atoms with E-state index in [0.29, 0.717) is 12.5 Å². The van der Waals surface area contributed by atoms with Gasteiger partial charge in [0.25, 0.3) is 0 Å². The molecule has 7 heteroatoms. The highest BCUT2D eigenvalue weighted by molar-refractivity contribution is 7.09. The fourth-order valence-corrected chi connectivity index (χ4v) is 2.93. The molecule has 1 unspecified atom stereocenters. The normalized spacial score (nSPS) is 18.6. The van der Waals surface area contributed by atoms with Gasteiger partial charge in [0.15, 0.2) is 0 Å². The van der Waals surface area contributed by atoms with Crippen molar-refractivity contribution in [1.29, 1.82) is 0 Å². The van der Waals surface area contributed by atoms with Crippen molar-refractivity contribution in [2.24, 2.45) is 5.92 Å². The van der Waals surface area contributed by atoms with Crippen LogP contribution in [0.3, 0.4) is 0 Å². The Morgan fingerprint density at radius 1 is 1.55 bits per heavy atom. The van der Waals surface area contributed by atoms with Gasteiger partial charge in [0.05, 0.1) is 0 Å². The standard InChI is InChI=1S/C13H23N5OS/c1-4-14-13(19)18-6-5-10(8-18)15-12-16-11(17-20-12)7-9(2)3/h9-10H,4-8H2,1-3H3,(H,14,19)(H,15,16,17). The van der Waals surface area contributed by atoms with Gasteiger partial charge in [0, 0.05) is 43.6 Å². The van der Waals surface area contributed by atoms with E-state index in [1.165, 1.54) is 11.5 Å². The fourth-order valence-electron chi connectivity index (χ4n) is 2.26. The second kappa shape index (κ2) is 6.88. The summed E-state index contributed by atoms with van der Waals surface area (Å²) in [4.78, 5) is 18.1. The average Bonchev–Trinajstić information content (AvgIpc) is 2.99. The summed E-state index contributed by atoms with van der Waals surface area (Å²) in [7, 11) is 0. The maximum absolute atomic E-state index is 11.7. The summed E-state index contributed by atoms with van der Waals surface area (Å²) in [5.41, 5.74) is 0. The first-order valence-corrected chi connectivity index (χ1v) is 7.97. The monoisotopic (exact) mass is 297 g/mol. The Kier molecular flexibility index (Phi) is 5.17. The Balaban J connectivity index is 1.82. The number of hydrogen-bond donors (Lipinski definition) is 2. The lowest BCUT2D eigenvalue weighted by molar-refractivity contribution is 0.209. The van der Waals surface area contributed by atoms with Gasteiger partial charge in [-0.25, -0.2) is 9.78 Å². The van der Waals surface area contributed by atoms with Crippen LogP contribution in [0.4, 0.5) is 9.93 Å². The van der Waals surface area contributed by atoms with Gasteiger partial charge in [-0.3, -0.25) is 0 Å². The zero-order valence-corrected chi connectivity index (χ0v) is 13.2. The summed E-state index contributed by atoms with van der Waals surface area (Å²) < 4.78 is 4.36. The highest BCUT2D eigenvalue weighted by Gasteiger charge is 2.26. The van der Waals surface area contributed by atoms with E-state index in [1.54, 1.807) is 0 Å². The quantitative estimate of drug-likeness (QED) is 0.871. The number of carbonyl (C=O) groups excluding carboxylic acids is 1. The van der Waals surface area contributed by atoms with Crippen LogP contribution in [0.15, 0.2) is 0 Å². The van der Waals surface area contributed by atoms with Crippen LogP contribution < -0.4 is 10.6 Å². The molecule has 0 aliphatic carbocycles. The number of anilines is 1. The molecule has 0 spiro atoms. The third-order valence-electron chi connectivity index (χ3n) is 3.19. The number of rotatable bonds is 5. The third-order valence-corrected chi connectivity index (χ3v) is 3.87. The first-order chi connectivity index (χ1) is 9.58. The number of nitrogens with one attached hydrogen (secondary N) is 2. The van der Waals surface area contributed by atoms with Crippen molar-refractivity contribution in [2.45, 2.75) is 39.7 Å². The van der Waals surface area contributed by atoms with E-state index in [9.17, 15) is 4.79 Å². The van der Waals surface area contributed by atoms with Crippen molar-refractivity contribution in [3.63, 3.8) is 0 Å². The van der Waals surface area contributed by atoms with Crippen LogP contribution in [0.5, 0.6) is 0 Å². The lowest BCUT2D eigenvalue weighted by Crippen LogP contribution is -2.39. The molecule has 2 amide bonds. The zero-order valence-electron chi connectivity index (χ0n) is 12.3. The average molecular weight is 297 g/mol. The Morgan fingerprint density at radius 3 is 3.05 bits per heavy atom. The SMILES string of the molecule is CCNC(=O)N1CCC(Nc2nc(CC(C)C)ns2)C1. The first kappa shape index (κ1) is 15.0. The van der Waals surface area contributed by atoms with Gasteiger partial charge in [-0.1, -0.05) is 13.8 Å². The van der Waals surface area contributed by atoms with Crippen LogP contribution in [0.2, 0.25) is 0 Å². The molecular weight excluding hydrogens is 274 g/mol. The Morgan fingerprint density at radius 2 is 2.35 bits per heavy atom. The molecular formula is C13H23N5OS. The Hall–Kier alpha value is -1.37. The summed E-state index contributed by atoms with van der Waals surface area (Å²) in [5.74, 6) is 1.48. The molecule has 2 rings (SSSR count). The lowest BCUT2D eigenvalue weighted by atomic mass is 10.1. The topological polar surface area (TPSA) is 70.2 Å². The highest BCUT2D eigenvalue weighted by atomic mass is 32.1. The molecule has 2 heterocycles. The van der Waals surface area contributed by atoms with Crippen LogP contribution in [-0.2, 0) is 6.42 Å². The van der Waals surface area contributed by atoms with Gasteiger partial charge in [-0.15, -0.1) is 0 Å². The molecule has 1 aromatic heterocycles. The number of aromatic nitrogens is 2. The molecule has 112 valence electrons. The number of likely N-dealkylation sites (tertiary alicyclic amines) is 1. The molecule has 1 aliphatic rings. The maximum Gasteiger partial charge on any atom is 0.317 e. The van der Waals surface area contributed by atoms with E-state index in [4.69, 9.17) is 0 Å². The van der Waals surface area contributed by atoms with Crippen LogP contribution in [0, 0.1) is 5.92 Å². The van der Waals surface area contributed by atoms with E-state index in [-0.39, 0.29) is 12.1 Å². The molecule has 1 fully saturated rings. The predicted octanol–water partition coefficient (Wildman–Crippen LogP) is 1.95. The molecule has 0 aromatic carbocycles. The van der Waals surface area contributed by atoms with Crippen molar-refractivity contribution in [3.8, 4) is 0 Å². The second-order valence-electron chi connectivity index (χ2n) is 5.53. The smallest absolute Gasteiger partial charge is 0.317 e. The lowest BCUT2D eigenvalue weighted by Gasteiger charge is -2.16. The van der Waals surface area contributed by atoms with Crippen LogP contribution in [0.25, 0.3) is 0 Å². The third kappa shape index (κ3) is 4.06. The molecule has 0 saturated carbocycles. The van der Waals surface area contributed by atoms with Crippen molar-refractivity contribution < 1.29 is 4.79 Å². The van der Waals surface area contributed by atoms with E-state index in [2.05, 4.69) is 33.8 Å². The Labute approximate surface area is 124 Å². The Bertz CT molecular complexity index is 448. The van der Waals surface area contributed by atoms with Gasteiger partial charge in [-0.05, 0) is 19.3 Å². The molecule has 1 saturated heterocycles. The minimum absolute atomic E-state index is 0.0227. The molecule has 6 nitrogen and oxygen atoms in total. The largest absolute Gasteiger partial charge is 0.356 e. The van der Waals surface area contributed by atoms with Gasteiger partial charge in [-0.2, -0.15) is 4.37 Å². The van der Waals surface area contributed by atoms with Crippen molar-refractivity contribution in [2.75, 3.05) is 25.0 Å².